The quantitative estimate of drug-likeness (QED) is 0.351. The molecule has 0 amide bonds. The predicted octanol–water partition coefficient (Wildman–Crippen LogP) is 6.79. The molecule has 0 unspecified atom stereocenters. The molecule has 5 heteroatoms. The fourth-order valence-corrected chi connectivity index (χ4v) is 45.6. The molecular formula is C17H38O2P2Rh. The van der Waals surface area contributed by atoms with Crippen LogP contribution in [0.3, 0.4) is 0 Å². The van der Waals surface area contributed by atoms with E-state index in [1.54, 1.807) is 0 Å². The molecule has 0 saturated heterocycles. The first-order chi connectivity index (χ1) is 9.15. The summed E-state index contributed by atoms with van der Waals surface area (Å²) < 4.78 is 28.6. The first kappa shape index (κ1) is 23.0. The maximum atomic E-state index is 14.3. The van der Waals surface area contributed by atoms with E-state index in [9.17, 15) is 9.13 Å². The van der Waals surface area contributed by atoms with Crippen molar-refractivity contribution < 1.29 is 23.7 Å². The zero-order chi connectivity index (χ0) is 18.6. The molecule has 0 N–H and O–H groups in total. The fraction of sp³-hybridized carbons (Fsp3) is 0.941. The Labute approximate surface area is 143 Å². The van der Waals surface area contributed by atoms with Gasteiger partial charge in [-0.15, -0.1) is 0 Å². The van der Waals surface area contributed by atoms with Gasteiger partial charge >= 0.3 is 143 Å². The summed E-state index contributed by atoms with van der Waals surface area (Å²) in [5, 5.41) is 2.98. The molecule has 0 rings (SSSR count). The van der Waals surface area contributed by atoms with Crippen LogP contribution in [-0.2, 0) is 23.7 Å². The van der Waals surface area contributed by atoms with Crippen molar-refractivity contribution in [2.75, 3.05) is 0 Å². The van der Waals surface area contributed by atoms with Crippen molar-refractivity contribution >= 4 is 16.1 Å². The fourth-order valence-electron chi connectivity index (χ4n) is 3.18. The molecule has 0 spiro atoms. The molecule has 0 aliphatic heterocycles. The molecule has 137 valence electrons. The minimum absolute atomic E-state index is 0.369. The van der Waals surface area contributed by atoms with Gasteiger partial charge in [-0.25, -0.2) is 0 Å². The average Bonchev–Trinajstić information content (AvgIpc) is 2.19. The van der Waals surface area contributed by atoms with Crippen LogP contribution in [-0.4, -0.2) is 25.7 Å². The van der Waals surface area contributed by atoms with Gasteiger partial charge in [0, 0.05) is 0 Å². The SMILES string of the molecule is [CH2]=[Rh]([P](=O)(C(C)(C)C)C(C)(C)C)[P](=O)(C(C)(C)C)C(C)(C)C. The van der Waals surface area contributed by atoms with Crippen LogP contribution in [0.4, 0.5) is 0 Å². The first-order valence-corrected chi connectivity index (χ1v) is 16.5. The van der Waals surface area contributed by atoms with E-state index in [1.807, 2.05) is 83.1 Å². The zero-order valence-electron chi connectivity index (χ0n) is 16.8. The Hall–Kier alpha value is 0.953. The van der Waals surface area contributed by atoms with Crippen molar-refractivity contribution in [2.24, 2.45) is 0 Å². The number of rotatable bonds is 2. The van der Waals surface area contributed by atoms with Crippen molar-refractivity contribution in [2.45, 2.75) is 104 Å². The molecular weight excluding hydrogens is 401 g/mol. The van der Waals surface area contributed by atoms with E-state index in [0.29, 0.717) is 0 Å². The molecule has 0 aliphatic rings. The van der Waals surface area contributed by atoms with Crippen molar-refractivity contribution in [3.63, 3.8) is 0 Å². The molecule has 0 radical (unpaired) electrons. The van der Waals surface area contributed by atoms with Crippen molar-refractivity contribution in [3.05, 3.63) is 0 Å². The van der Waals surface area contributed by atoms with Crippen LogP contribution in [0.5, 0.6) is 0 Å². The summed E-state index contributed by atoms with van der Waals surface area (Å²) >= 11 is -2.19. The van der Waals surface area contributed by atoms with Gasteiger partial charge < -0.3 is 0 Å². The van der Waals surface area contributed by atoms with Gasteiger partial charge in [0.1, 0.15) is 0 Å². The standard InChI is InChI=1S/2C8H18OP.CH2.Rh/c2*1-7(2,3)10(9)8(4,5)6;;/h2*1-6H3;1H2;/q2*+1;;-2. The van der Waals surface area contributed by atoms with Crippen molar-refractivity contribution in [1.82, 2.24) is 0 Å². The van der Waals surface area contributed by atoms with Gasteiger partial charge in [-0.2, -0.15) is 0 Å². The molecule has 0 aromatic heterocycles. The second-order valence-corrected chi connectivity index (χ2v) is 30.6. The maximum absolute atomic E-state index is 14.3. The Balaban J connectivity index is 6.78. The summed E-state index contributed by atoms with van der Waals surface area (Å²) in [5.41, 5.74) is -5.47. The monoisotopic (exact) mass is 439 g/mol. The summed E-state index contributed by atoms with van der Waals surface area (Å²) in [4.78, 5) is 0. The Kier molecular flexibility index (Phi) is 6.30. The number of hydrogen-bond donors (Lipinski definition) is 0. The normalized spacial score (nSPS) is 16.6. The predicted molar refractivity (Wildman–Crippen MR) is 101 cm³/mol. The third kappa shape index (κ3) is 3.48. The van der Waals surface area contributed by atoms with Crippen LogP contribution >= 0.6 is 10.9 Å². The van der Waals surface area contributed by atoms with E-state index in [-0.39, 0.29) is 20.6 Å². The summed E-state index contributed by atoms with van der Waals surface area (Å²) in [6, 6.07) is 0. The Morgan fingerprint density at radius 1 is 0.545 bits per heavy atom. The first-order valence-electron chi connectivity index (χ1n) is 7.79. The summed E-state index contributed by atoms with van der Waals surface area (Å²) in [6.07, 6.45) is 0. The molecule has 0 aliphatic carbocycles. The molecule has 0 saturated carbocycles. The summed E-state index contributed by atoms with van der Waals surface area (Å²) in [6.45, 7) is 24.5. The third-order valence-electron chi connectivity index (χ3n) is 3.82. The van der Waals surface area contributed by atoms with Crippen LogP contribution < -0.4 is 0 Å². The molecule has 0 aromatic rings. The minimum atomic E-state index is -2.74. The Morgan fingerprint density at radius 2 is 0.682 bits per heavy atom. The van der Waals surface area contributed by atoms with Gasteiger partial charge in [-0.3, -0.25) is 0 Å². The van der Waals surface area contributed by atoms with Gasteiger partial charge in [0.05, 0.1) is 0 Å². The average molecular weight is 439 g/mol. The van der Waals surface area contributed by atoms with Gasteiger partial charge in [0.25, 0.3) is 0 Å². The van der Waals surface area contributed by atoms with Gasteiger partial charge in [0.2, 0.25) is 0 Å². The molecule has 0 heterocycles. The number of hydrogen-bond acceptors (Lipinski definition) is 2. The van der Waals surface area contributed by atoms with Gasteiger partial charge in [-0.1, -0.05) is 0 Å². The van der Waals surface area contributed by atoms with Crippen LogP contribution in [0.25, 0.3) is 0 Å². The van der Waals surface area contributed by atoms with E-state index >= 15 is 0 Å². The van der Waals surface area contributed by atoms with E-state index in [1.165, 1.54) is 0 Å². The van der Waals surface area contributed by atoms with Crippen LogP contribution in [0.15, 0.2) is 0 Å². The topological polar surface area (TPSA) is 34.1 Å². The summed E-state index contributed by atoms with van der Waals surface area (Å²) in [5.74, 6) is 0. The summed E-state index contributed by atoms with van der Waals surface area (Å²) in [7, 11) is 0. The van der Waals surface area contributed by atoms with Crippen molar-refractivity contribution in [3.8, 4) is 0 Å². The van der Waals surface area contributed by atoms with Crippen LogP contribution in [0.1, 0.15) is 83.1 Å². The molecule has 0 atom stereocenters. The Morgan fingerprint density at radius 3 is 0.773 bits per heavy atom. The van der Waals surface area contributed by atoms with Gasteiger partial charge in [0.15, 0.2) is 0 Å². The van der Waals surface area contributed by atoms with Crippen molar-refractivity contribution in [1.29, 1.82) is 0 Å². The second kappa shape index (κ2) is 6.04. The second-order valence-electron chi connectivity index (χ2n) is 9.97. The van der Waals surface area contributed by atoms with E-state index in [2.05, 4.69) is 5.11 Å². The van der Waals surface area contributed by atoms with E-state index in [0.717, 1.165) is 0 Å². The Bertz CT molecular complexity index is 451. The van der Waals surface area contributed by atoms with Crippen LogP contribution in [0.2, 0.25) is 0 Å². The molecule has 0 aromatic carbocycles. The third-order valence-corrected chi connectivity index (χ3v) is 38.5. The molecule has 22 heavy (non-hydrogen) atoms. The molecule has 0 fully saturated rings. The van der Waals surface area contributed by atoms with Gasteiger partial charge in [-0.05, 0) is 0 Å². The molecule has 2 nitrogen and oxygen atoms in total. The molecule has 0 bridgehead atoms. The van der Waals surface area contributed by atoms with Crippen LogP contribution in [0, 0.1) is 0 Å². The van der Waals surface area contributed by atoms with E-state index in [4.69, 9.17) is 0 Å². The van der Waals surface area contributed by atoms with E-state index < -0.39 is 25.5 Å². The zero-order valence-corrected chi connectivity index (χ0v) is 20.2.